The van der Waals surface area contributed by atoms with Gasteiger partial charge in [0.05, 0.1) is 12.2 Å². The van der Waals surface area contributed by atoms with Gasteiger partial charge in [0.25, 0.3) is 0 Å². The molecule has 1 saturated carbocycles. The van der Waals surface area contributed by atoms with Crippen LogP contribution in [0.5, 0.6) is 5.75 Å². The van der Waals surface area contributed by atoms with E-state index in [0.29, 0.717) is 37.5 Å². The van der Waals surface area contributed by atoms with Gasteiger partial charge in [-0.05, 0) is 50.2 Å². The summed E-state index contributed by atoms with van der Waals surface area (Å²) in [6.45, 7) is 8.34. The number of fused-ring (bicyclic) bond motifs is 1. The second kappa shape index (κ2) is 8.86. The Labute approximate surface area is 179 Å². The van der Waals surface area contributed by atoms with Crippen LogP contribution >= 0.6 is 0 Å². The molecule has 0 radical (unpaired) electrons. The van der Waals surface area contributed by atoms with Gasteiger partial charge in [0.15, 0.2) is 0 Å². The zero-order valence-corrected chi connectivity index (χ0v) is 18.5. The second-order valence-corrected chi connectivity index (χ2v) is 9.43. The number of likely N-dealkylation sites (tertiary alicyclic amines) is 1. The van der Waals surface area contributed by atoms with E-state index in [4.69, 9.17) is 4.74 Å². The van der Waals surface area contributed by atoms with Crippen molar-refractivity contribution in [3.63, 3.8) is 0 Å². The normalized spacial score (nSPS) is 29.7. The van der Waals surface area contributed by atoms with Crippen LogP contribution in [0.3, 0.4) is 0 Å². The molecule has 6 heteroatoms. The minimum atomic E-state index is -0.0351. The van der Waals surface area contributed by atoms with Crippen LogP contribution in [-0.4, -0.2) is 48.6 Å². The molecule has 164 valence electrons. The molecule has 2 aliphatic heterocycles. The lowest BCUT2D eigenvalue weighted by atomic mass is 9.78. The van der Waals surface area contributed by atoms with Crippen molar-refractivity contribution in [2.75, 3.05) is 24.5 Å². The molecule has 1 aliphatic carbocycles. The molecule has 6 nitrogen and oxygen atoms in total. The molecule has 0 spiro atoms. The molecule has 1 aromatic carbocycles. The highest BCUT2D eigenvalue weighted by Crippen LogP contribution is 2.34. The molecular formula is C24H35N3O3. The minimum Gasteiger partial charge on any atom is -0.487 e. The zero-order chi connectivity index (χ0) is 21.3. The van der Waals surface area contributed by atoms with Crippen molar-refractivity contribution in [3.05, 3.63) is 24.3 Å². The van der Waals surface area contributed by atoms with Crippen molar-refractivity contribution in [2.24, 2.45) is 17.8 Å². The van der Waals surface area contributed by atoms with Gasteiger partial charge in [-0.1, -0.05) is 38.8 Å². The highest BCUT2D eigenvalue weighted by Gasteiger charge is 2.35. The Balaban J connectivity index is 1.33. The molecule has 4 atom stereocenters. The number of anilines is 1. The Morgan fingerprint density at radius 1 is 1.03 bits per heavy atom. The van der Waals surface area contributed by atoms with E-state index >= 15 is 0 Å². The summed E-state index contributed by atoms with van der Waals surface area (Å²) in [5.74, 6) is 2.15. The van der Waals surface area contributed by atoms with Crippen molar-refractivity contribution in [3.8, 4) is 5.75 Å². The summed E-state index contributed by atoms with van der Waals surface area (Å²) in [6.07, 6.45) is 4.97. The number of amides is 3. The van der Waals surface area contributed by atoms with E-state index in [1.165, 1.54) is 12.8 Å². The smallest absolute Gasteiger partial charge is 0.324 e. The van der Waals surface area contributed by atoms with Crippen molar-refractivity contribution < 1.29 is 14.3 Å². The number of hydrogen-bond donors (Lipinski definition) is 1. The number of rotatable bonds is 2. The number of ether oxygens (including phenoxy) is 1. The third-order valence-electron chi connectivity index (χ3n) is 7.33. The number of benzene rings is 1. The fourth-order valence-electron chi connectivity index (χ4n) is 5.16. The lowest BCUT2D eigenvalue weighted by Gasteiger charge is -2.39. The molecule has 4 rings (SSSR count). The molecule has 3 aliphatic rings. The summed E-state index contributed by atoms with van der Waals surface area (Å²) in [5.41, 5.74) is 0.834. The van der Waals surface area contributed by atoms with Gasteiger partial charge in [-0.15, -0.1) is 0 Å². The maximum atomic E-state index is 13.2. The number of nitrogens with zero attached hydrogens (tertiary/aromatic N) is 2. The van der Waals surface area contributed by atoms with Crippen LogP contribution in [0, 0.1) is 17.8 Å². The third kappa shape index (κ3) is 4.28. The molecule has 4 unspecified atom stereocenters. The first-order valence-electron chi connectivity index (χ1n) is 11.6. The lowest BCUT2D eigenvalue weighted by Crippen LogP contribution is -2.53. The number of carbonyl (C=O) groups excluding carboxylic acids is 2. The zero-order valence-electron chi connectivity index (χ0n) is 18.5. The quantitative estimate of drug-likeness (QED) is 0.796. The van der Waals surface area contributed by atoms with Crippen LogP contribution in [0.4, 0.5) is 10.5 Å². The van der Waals surface area contributed by atoms with Crippen LogP contribution < -0.4 is 15.0 Å². The van der Waals surface area contributed by atoms with Crippen LogP contribution in [0.1, 0.15) is 52.9 Å². The maximum absolute atomic E-state index is 13.2. The van der Waals surface area contributed by atoms with Crippen molar-refractivity contribution in [2.45, 2.75) is 65.0 Å². The summed E-state index contributed by atoms with van der Waals surface area (Å²) < 4.78 is 5.87. The van der Waals surface area contributed by atoms with E-state index in [1.54, 1.807) is 0 Å². The van der Waals surface area contributed by atoms with E-state index < -0.39 is 0 Å². The predicted octanol–water partition coefficient (Wildman–Crippen LogP) is 4.05. The van der Waals surface area contributed by atoms with Gasteiger partial charge in [0.1, 0.15) is 11.9 Å². The lowest BCUT2D eigenvalue weighted by molar-refractivity contribution is -0.127. The van der Waals surface area contributed by atoms with E-state index in [1.807, 2.05) is 41.0 Å². The van der Waals surface area contributed by atoms with Gasteiger partial charge in [-0.25, -0.2) is 4.79 Å². The van der Waals surface area contributed by atoms with Gasteiger partial charge < -0.3 is 15.0 Å². The van der Waals surface area contributed by atoms with E-state index in [-0.39, 0.29) is 24.0 Å². The van der Waals surface area contributed by atoms with Crippen LogP contribution in [0.2, 0.25) is 0 Å². The molecule has 1 aromatic rings. The summed E-state index contributed by atoms with van der Waals surface area (Å²) in [6, 6.07) is 8.03. The fourth-order valence-corrected chi connectivity index (χ4v) is 5.16. The number of piperidine rings is 1. The molecule has 0 bridgehead atoms. The number of para-hydroxylation sites is 2. The van der Waals surface area contributed by atoms with Gasteiger partial charge in [0.2, 0.25) is 5.91 Å². The van der Waals surface area contributed by atoms with Gasteiger partial charge in [0, 0.05) is 25.0 Å². The van der Waals surface area contributed by atoms with E-state index in [2.05, 4.69) is 19.2 Å². The van der Waals surface area contributed by atoms with Crippen LogP contribution in [-0.2, 0) is 4.79 Å². The number of urea groups is 1. The molecule has 3 amide bonds. The first-order valence-corrected chi connectivity index (χ1v) is 11.6. The van der Waals surface area contributed by atoms with Crippen molar-refractivity contribution in [1.29, 1.82) is 0 Å². The SMILES string of the molecule is CC1CN(C(=O)N2CCC(C(=O)NC3CCCC(C)C3C)CC2)c2ccccc2O1. The Morgan fingerprint density at radius 2 is 1.77 bits per heavy atom. The first kappa shape index (κ1) is 21.0. The van der Waals surface area contributed by atoms with Crippen LogP contribution in [0.15, 0.2) is 24.3 Å². The predicted molar refractivity (Wildman–Crippen MR) is 118 cm³/mol. The Morgan fingerprint density at radius 3 is 2.53 bits per heavy atom. The molecule has 1 saturated heterocycles. The third-order valence-corrected chi connectivity index (χ3v) is 7.33. The molecule has 2 fully saturated rings. The molecular weight excluding hydrogens is 378 g/mol. The summed E-state index contributed by atoms with van der Waals surface area (Å²) in [4.78, 5) is 29.8. The maximum Gasteiger partial charge on any atom is 0.324 e. The Kier molecular flexibility index (Phi) is 6.21. The summed E-state index contributed by atoms with van der Waals surface area (Å²) in [7, 11) is 0. The number of carbonyl (C=O) groups is 2. The van der Waals surface area contributed by atoms with Crippen molar-refractivity contribution in [1.82, 2.24) is 10.2 Å². The summed E-state index contributed by atoms with van der Waals surface area (Å²) >= 11 is 0. The topological polar surface area (TPSA) is 61.9 Å². The first-order chi connectivity index (χ1) is 14.4. The van der Waals surface area contributed by atoms with Crippen LogP contribution in [0.25, 0.3) is 0 Å². The monoisotopic (exact) mass is 413 g/mol. The fraction of sp³-hybridized carbons (Fsp3) is 0.667. The number of hydrogen-bond acceptors (Lipinski definition) is 3. The average molecular weight is 414 g/mol. The highest BCUT2D eigenvalue weighted by atomic mass is 16.5. The summed E-state index contributed by atoms with van der Waals surface area (Å²) in [5, 5.41) is 3.33. The second-order valence-electron chi connectivity index (χ2n) is 9.43. The minimum absolute atomic E-state index is 0.00869. The molecule has 2 heterocycles. The van der Waals surface area contributed by atoms with Crippen molar-refractivity contribution >= 4 is 17.6 Å². The largest absolute Gasteiger partial charge is 0.487 e. The van der Waals surface area contributed by atoms with Gasteiger partial charge >= 0.3 is 6.03 Å². The van der Waals surface area contributed by atoms with E-state index in [9.17, 15) is 9.59 Å². The van der Waals surface area contributed by atoms with E-state index in [0.717, 1.165) is 30.7 Å². The molecule has 0 aromatic heterocycles. The van der Waals surface area contributed by atoms with Gasteiger partial charge in [-0.2, -0.15) is 0 Å². The average Bonchev–Trinajstić information content (AvgIpc) is 2.76. The Hall–Kier alpha value is -2.24. The number of nitrogens with one attached hydrogen (secondary N) is 1. The highest BCUT2D eigenvalue weighted by molar-refractivity contribution is 5.94. The standard InChI is InChI=1S/C24H35N3O3/c1-16-7-6-8-20(18(16)3)25-23(28)19-11-13-26(14-12-19)24(29)27-15-17(2)30-22-10-5-4-9-21(22)27/h4-5,9-10,16-20H,6-8,11-15H2,1-3H3,(H,25,28). The molecule has 30 heavy (non-hydrogen) atoms. The van der Waals surface area contributed by atoms with Gasteiger partial charge in [-0.3, -0.25) is 9.69 Å². The molecule has 1 N–H and O–H groups in total. The Bertz CT molecular complexity index is 775.